The van der Waals surface area contributed by atoms with Gasteiger partial charge >= 0.3 is 0 Å². The molecule has 29 heavy (non-hydrogen) atoms. The number of benzene rings is 1. The smallest absolute Gasteiger partial charge is 0.166 e. The highest BCUT2D eigenvalue weighted by molar-refractivity contribution is 5.21. The van der Waals surface area contributed by atoms with Gasteiger partial charge in [-0.3, -0.25) is 4.90 Å². The van der Waals surface area contributed by atoms with Gasteiger partial charge in [-0.25, -0.2) is 13.2 Å². The van der Waals surface area contributed by atoms with Crippen molar-refractivity contribution in [1.82, 2.24) is 9.80 Å². The van der Waals surface area contributed by atoms with Crippen LogP contribution < -0.4 is 0 Å². The van der Waals surface area contributed by atoms with Gasteiger partial charge in [-0.05, 0) is 69.7 Å². The van der Waals surface area contributed by atoms with Crippen molar-refractivity contribution >= 4 is 0 Å². The van der Waals surface area contributed by atoms with Crippen LogP contribution in [0.5, 0.6) is 0 Å². The fraction of sp³-hybridized carbons (Fsp3) is 0.739. The third-order valence-electron chi connectivity index (χ3n) is 7.01. The zero-order chi connectivity index (χ0) is 20.2. The summed E-state index contributed by atoms with van der Waals surface area (Å²) in [7, 11) is 0. The molecule has 2 heterocycles. The summed E-state index contributed by atoms with van der Waals surface area (Å²) in [6.45, 7) is 4.52. The van der Waals surface area contributed by atoms with E-state index in [1.165, 1.54) is 25.7 Å². The normalized spacial score (nSPS) is 24.8. The van der Waals surface area contributed by atoms with Crippen LogP contribution in [0, 0.1) is 23.4 Å². The lowest BCUT2D eigenvalue weighted by Gasteiger charge is -2.38. The highest BCUT2D eigenvalue weighted by Crippen LogP contribution is 2.29. The minimum atomic E-state index is -1.06. The highest BCUT2D eigenvalue weighted by Gasteiger charge is 2.29. The molecule has 1 saturated carbocycles. The molecule has 4 rings (SSSR count). The predicted octanol–water partition coefficient (Wildman–Crippen LogP) is 4.74. The molecule has 0 amide bonds. The first-order valence-electron chi connectivity index (χ1n) is 11.3. The third kappa shape index (κ3) is 5.33. The Bertz CT molecular complexity index is 666. The number of halogens is 3. The largest absolute Gasteiger partial charge is 0.377 e. The molecule has 0 radical (unpaired) electrons. The van der Waals surface area contributed by atoms with Crippen molar-refractivity contribution in [3.8, 4) is 0 Å². The first-order valence-corrected chi connectivity index (χ1v) is 11.3. The molecule has 1 aromatic rings. The Morgan fingerprint density at radius 2 is 1.62 bits per heavy atom. The number of hydrogen-bond donors (Lipinski definition) is 0. The van der Waals surface area contributed by atoms with Crippen LogP contribution in [0.2, 0.25) is 0 Å². The Labute approximate surface area is 172 Å². The van der Waals surface area contributed by atoms with Crippen molar-refractivity contribution in [3.05, 3.63) is 35.1 Å². The van der Waals surface area contributed by atoms with Gasteiger partial charge in [-0.15, -0.1) is 0 Å². The van der Waals surface area contributed by atoms with Crippen LogP contribution in [0.25, 0.3) is 0 Å². The number of nitrogens with zero attached hydrogens (tertiary/aromatic N) is 2. The molecule has 0 spiro atoms. The summed E-state index contributed by atoms with van der Waals surface area (Å²) in [5, 5.41) is 0. The van der Waals surface area contributed by atoms with Gasteiger partial charge < -0.3 is 9.64 Å². The molecule has 2 saturated heterocycles. The number of ether oxygens (including phenoxy) is 1. The lowest BCUT2D eigenvalue weighted by Crippen LogP contribution is -2.43. The van der Waals surface area contributed by atoms with Crippen molar-refractivity contribution in [2.75, 3.05) is 32.8 Å². The van der Waals surface area contributed by atoms with E-state index >= 15 is 0 Å². The van der Waals surface area contributed by atoms with Gasteiger partial charge in [-0.1, -0.05) is 12.8 Å². The molecule has 1 atom stereocenters. The van der Waals surface area contributed by atoms with E-state index in [4.69, 9.17) is 4.74 Å². The van der Waals surface area contributed by atoms with Crippen molar-refractivity contribution in [2.45, 2.75) is 70.1 Å². The quantitative estimate of drug-likeness (QED) is 0.604. The van der Waals surface area contributed by atoms with E-state index in [-0.39, 0.29) is 18.2 Å². The Kier molecular flexibility index (Phi) is 7.14. The lowest BCUT2D eigenvalue weighted by molar-refractivity contribution is 0.0530. The van der Waals surface area contributed by atoms with Crippen molar-refractivity contribution in [1.29, 1.82) is 0 Å². The molecule has 162 valence electrons. The van der Waals surface area contributed by atoms with Crippen molar-refractivity contribution in [3.63, 3.8) is 0 Å². The van der Waals surface area contributed by atoms with E-state index in [0.717, 1.165) is 70.1 Å². The van der Waals surface area contributed by atoms with Crippen LogP contribution in [0.4, 0.5) is 13.2 Å². The van der Waals surface area contributed by atoms with E-state index in [0.29, 0.717) is 12.5 Å². The first kappa shape index (κ1) is 21.1. The lowest BCUT2D eigenvalue weighted by atomic mass is 9.94. The molecule has 0 aromatic heterocycles. The minimum absolute atomic E-state index is 0.0954. The SMILES string of the molecule is Fc1ccc(F)c(CN(CC2CCN(C3CCCC3)CC2)C[C@@H]2CCCO2)c1F. The summed E-state index contributed by atoms with van der Waals surface area (Å²) in [6, 6.07) is 2.64. The number of likely N-dealkylation sites (tertiary alicyclic amines) is 1. The Morgan fingerprint density at radius 1 is 0.897 bits per heavy atom. The Morgan fingerprint density at radius 3 is 2.31 bits per heavy atom. The fourth-order valence-electron chi connectivity index (χ4n) is 5.35. The second-order valence-corrected chi connectivity index (χ2v) is 9.07. The molecule has 0 unspecified atom stereocenters. The van der Waals surface area contributed by atoms with Crippen LogP contribution in [0.15, 0.2) is 12.1 Å². The van der Waals surface area contributed by atoms with Gasteiger partial charge in [0.15, 0.2) is 11.6 Å². The van der Waals surface area contributed by atoms with Gasteiger partial charge in [0.2, 0.25) is 0 Å². The van der Waals surface area contributed by atoms with Crippen molar-refractivity contribution in [2.24, 2.45) is 5.92 Å². The monoisotopic (exact) mass is 410 g/mol. The summed E-state index contributed by atoms with van der Waals surface area (Å²) in [6.07, 6.45) is 9.70. The Balaban J connectivity index is 1.39. The van der Waals surface area contributed by atoms with Crippen LogP contribution in [0.1, 0.15) is 56.9 Å². The maximum Gasteiger partial charge on any atom is 0.166 e. The summed E-state index contributed by atoms with van der Waals surface area (Å²) in [5.74, 6) is -2.20. The van der Waals surface area contributed by atoms with Gasteiger partial charge in [0.05, 0.1) is 6.10 Å². The predicted molar refractivity (Wildman–Crippen MR) is 107 cm³/mol. The summed E-state index contributed by atoms with van der Waals surface area (Å²) >= 11 is 0. The molecule has 1 aromatic carbocycles. The molecular weight excluding hydrogens is 377 g/mol. The molecule has 0 bridgehead atoms. The summed E-state index contributed by atoms with van der Waals surface area (Å²) in [4.78, 5) is 4.73. The van der Waals surface area contributed by atoms with E-state index in [1.54, 1.807) is 0 Å². The average Bonchev–Trinajstić information content (AvgIpc) is 3.43. The average molecular weight is 411 g/mol. The molecule has 6 heteroatoms. The molecular formula is C23H33F3N2O. The molecule has 1 aliphatic carbocycles. The molecule has 2 aliphatic heterocycles. The topological polar surface area (TPSA) is 15.7 Å². The molecule has 3 aliphatic rings. The van der Waals surface area contributed by atoms with E-state index in [2.05, 4.69) is 9.80 Å². The summed E-state index contributed by atoms with van der Waals surface area (Å²) < 4.78 is 47.9. The van der Waals surface area contributed by atoms with Crippen LogP contribution in [0.3, 0.4) is 0 Å². The maximum absolute atomic E-state index is 14.3. The van der Waals surface area contributed by atoms with E-state index < -0.39 is 17.5 Å². The van der Waals surface area contributed by atoms with Crippen molar-refractivity contribution < 1.29 is 17.9 Å². The van der Waals surface area contributed by atoms with Gasteiger partial charge in [0.1, 0.15) is 5.82 Å². The second kappa shape index (κ2) is 9.80. The number of hydrogen-bond acceptors (Lipinski definition) is 3. The fourth-order valence-corrected chi connectivity index (χ4v) is 5.35. The van der Waals surface area contributed by atoms with E-state index in [1.807, 2.05) is 0 Å². The van der Waals surface area contributed by atoms with Gasteiger partial charge in [-0.2, -0.15) is 0 Å². The Hall–Kier alpha value is -1.11. The van der Waals surface area contributed by atoms with E-state index in [9.17, 15) is 13.2 Å². The molecule has 0 N–H and O–H groups in total. The molecule has 3 fully saturated rings. The summed E-state index contributed by atoms with van der Waals surface area (Å²) in [5.41, 5.74) is -0.161. The standard InChI is InChI=1S/C23H33F3N2O/c24-21-7-8-22(25)23(26)20(21)16-27(15-19-6-3-13-29-19)14-17-9-11-28(12-10-17)18-4-1-2-5-18/h7-8,17-19H,1-6,9-16H2/t19-/m0/s1. The zero-order valence-corrected chi connectivity index (χ0v) is 17.2. The van der Waals surface area contributed by atoms with Crippen LogP contribution in [-0.2, 0) is 11.3 Å². The minimum Gasteiger partial charge on any atom is -0.377 e. The third-order valence-corrected chi connectivity index (χ3v) is 7.01. The van der Waals surface area contributed by atoms with Gasteiger partial charge in [0.25, 0.3) is 0 Å². The highest BCUT2D eigenvalue weighted by atomic mass is 19.2. The number of piperidine rings is 1. The molecule has 3 nitrogen and oxygen atoms in total. The van der Waals surface area contributed by atoms with Gasteiger partial charge in [0, 0.05) is 37.8 Å². The maximum atomic E-state index is 14.3. The first-order chi connectivity index (χ1) is 14.1. The zero-order valence-electron chi connectivity index (χ0n) is 17.2. The second-order valence-electron chi connectivity index (χ2n) is 9.07. The number of rotatable bonds is 7. The van der Waals surface area contributed by atoms with Crippen LogP contribution in [-0.4, -0.2) is 54.7 Å². The van der Waals surface area contributed by atoms with Crippen LogP contribution >= 0.6 is 0 Å².